The second-order valence-corrected chi connectivity index (χ2v) is 7.59. The van der Waals surface area contributed by atoms with Gasteiger partial charge in [0, 0.05) is 5.16 Å². The van der Waals surface area contributed by atoms with Gasteiger partial charge in [-0.05, 0) is 40.0 Å². The predicted molar refractivity (Wildman–Crippen MR) is 67.9 cm³/mol. The third-order valence-electron chi connectivity index (χ3n) is 2.19. The standard InChI is InChI=1S/C12H25O2P/c1-10(2)7-11(3,4)14-9-15-12(5,6)8-13/h8,10,15H,7,9H2,1-6H3. The van der Waals surface area contributed by atoms with E-state index in [1.165, 1.54) is 0 Å². The number of ether oxygens (including phenoxy) is 1. The smallest absolute Gasteiger partial charge is 0.129 e. The monoisotopic (exact) mass is 232 g/mol. The summed E-state index contributed by atoms with van der Waals surface area (Å²) in [5, 5.41) is -0.228. The van der Waals surface area contributed by atoms with Crippen LogP contribution < -0.4 is 0 Å². The van der Waals surface area contributed by atoms with Crippen LogP contribution in [0.1, 0.15) is 48.0 Å². The lowest BCUT2D eigenvalue weighted by Gasteiger charge is -2.28. The van der Waals surface area contributed by atoms with Gasteiger partial charge in [0.25, 0.3) is 0 Å². The van der Waals surface area contributed by atoms with E-state index < -0.39 is 0 Å². The van der Waals surface area contributed by atoms with Crippen LogP contribution in [0.25, 0.3) is 0 Å². The molecule has 0 radical (unpaired) electrons. The maximum absolute atomic E-state index is 10.7. The van der Waals surface area contributed by atoms with Crippen LogP contribution in [-0.4, -0.2) is 23.4 Å². The molecule has 0 fully saturated rings. The zero-order chi connectivity index (χ0) is 12.1. The van der Waals surface area contributed by atoms with E-state index in [4.69, 9.17) is 4.74 Å². The Balaban J connectivity index is 3.89. The summed E-state index contributed by atoms with van der Waals surface area (Å²) in [5.41, 5.74) is -0.0693. The van der Waals surface area contributed by atoms with Gasteiger partial charge in [-0.2, -0.15) is 0 Å². The lowest BCUT2D eigenvalue weighted by molar-refractivity contribution is -0.109. The van der Waals surface area contributed by atoms with Crippen molar-refractivity contribution in [3.05, 3.63) is 0 Å². The fourth-order valence-corrected chi connectivity index (χ4v) is 2.42. The van der Waals surface area contributed by atoms with Crippen molar-refractivity contribution < 1.29 is 9.53 Å². The first-order valence-corrected chi connectivity index (χ1v) is 6.74. The SMILES string of the molecule is CC(C)CC(C)(C)OCPC(C)(C)C=O. The van der Waals surface area contributed by atoms with Gasteiger partial charge in [0.15, 0.2) is 0 Å². The molecule has 0 amide bonds. The number of carbonyl (C=O) groups excluding carboxylic acids is 1. The molecule has 0 spiro atoms. The molecule has 3 heteroatoms. The molecule has 1 atom stereocenters. The lowest BCUT2D eigenvalue weighted by Crippen LogP contribution is -2.27. The van der Waals surface area contributed by atoms with Crippen LogP contribution in [0.15, 0.2) is 0 Å². The fraction of sp³-hybridized carbons (Fsp3) is 0.917. The van der Waals surface area contributed by atoms with E-state index in [0.717, 1.165) is 12.7 Å². The molecule has 90 valence electrons. The van der Waals surface area contributed by atoms with Crippen molar-refractivity contribution in [3.63, 3.8) is 0 Å². The summed E-state index contributed by atoms with van der Waals surface area (Å²) >= 11 is 0. The summed E-state index contributed by atoms with van der Waals surface area (Å²) in [5.74, 6) is 0.641. The summed E-state index contributed by atoms with van der Waals surface area (Å²) in [7, 11) is 0.539. The van der Waals surface area contributed by atoms with Crippen LogP contribution >= 0.6 is 8.58 Å². The second kappa shape index (κ2) is 5.96. The largest absolute Gasteiger partial charge is 0.371 e. The molecular weight excluding hydrogens is 207 g/mol. The summed E-state index contributed by atoms with van der Waals surface area (Å²) in [4.78, 5) is 10.7. The van der Waals surface area contributed by atoms with Crippen molar-refractivity contribution in [3.8, 4) is 0 Å². The molecule has 0 N–H and O–H groups in total. The van der Waals surface area contributed by atoms with E-state index in [9.17, 15) is 4.79 Å². The van der Waals surface area contributed by atoms with Crippen LogP contribution in [0.3, 0.4) is 0 Å². The Labute approximate surface area is 95.9 Å². The maximum atomic E-state index is 10.7. The van der Waals surface area contributed by atoms with Crippen LogP contribution in [0.2, 0.25) is 0 Å². The Kier molecular flexibility index (Phi) is 5.98. The van der Waals surface area contributed by atoms with Gasteiger partial charge >= 0.3 is 0 Å². The van der Waals surface area contributed by atoms with Gasteiger partial charge in [0.2, 0.25) is 0 Å². The first-order chi connectivity index (χ1) is 6.68. The van der Waals surface area contributed by atoms with Crippen molar-refractivity contribution in [2.45, 2.75) is 58.7 Å². The fourth-order valence-electron chi connectivity index (χ4n) is 1.50. The number of aldehydes is 1. The molecular formula is C12H25O2P. The van der Waals surface area contributed by atoms with Crippen LogP contribution in [0.4, 0.5) is 0 Å². The highest BCUT2D eigenvalue weighted by Crippen LogP contribution is 2.31. The van der Waals surface area contributed by atoms with Crippen molar-refractivity contribution in [2.75, 3.05) is 6.35 Å². The Bertz CT molecular complexity index is 198. The predicted octanol–water partition coefficient (Wildman–Crippen LogP) is 3.44. The molecule has 0 saturated carbocycles. The zero-order valence-corrected chi connectivity index (χ0v) is 11.9. The number of hydrogen-bond acceptors (Lipinski definition) is 2. The number of carbonyl (C=O) groups is 1. The Morgan fingerprint density at radius 3 is 2.20 bits per heavy atom. The molecule has 0 aliphatic rings. The molecule has 0 aliphatic carbocycles. The van der Waals surface area contributed by atoms with E-state index in [1.54, 1.807) is 0 Å². The molecule has 2 nitrogen and oxygen atoms in total. The van der Waals surface area contributed by atoms with Crippen molar-refractivity contribution in [1.82, 2.24) is 0 Å². The molecule has 15 heavy (non-hydrogen) atoms. The van der Waals surface area contributed by atoms with Gasteiger partial charge in [0.05, 0.1) is 11.9 Å². The average Bonchev–Trinajstić information content (AvgIpc) is 2.00. The van der Waals surface area contributed by atoms with Crippen molar-refractivity contribution in [1.29, 1.82) is 0 Å². The second-order valence-electron chi connectivity index (χ2n) is 5.66. The summed E-state index contributed by atoms with van der Waals surface area (Å²) in [6, 6.07) is 0. The quantitative estimate of drug-likeness (QED) is 0.496. The molecule has 0 saturated heterocycles. The average molecular weight is 232 g/mol. The maximum Gasteiger partial charge on any atom is 0.129 e. The molecule has 0 aromatic carbocycles. The molecule has 1 unspecified atom stereocenters. The molecule has 0 bridgehead atoms. The normalized spacial score (nSPS) is 14.1. The van der Waals surface area contributed by atoms with Crippen LogP contribution in [0.5, 0.6) is 0 Å². The van der Waals surface area contributed by atoms with Crippen LogP contribution in [0, 0.1) is 5.92 Å². The van der Waals surface area contributed by atoms with Gasteiger partial charge in [-0.25, -0.2) is 0 Å². The highest BCUT2D eigenvalue weighted by atomic mass is 31.1. The highest BCUT2D eigenvalue weighted by molar-refractivity contribution is 7.40. The van der Waals surface area contributed by atoms with Gasteiger partial charge in [-0.15, -0.1) is 0 Å². The van der Waals surface area contributed by atoms with E-state index in [2.05, 4.69) is 27.7 Å². The molecule has 0 heterocycles. The summed E-state index contributed by atoms with van der Waals surface area (Å²) in [6.45, 7) is 12.5. The number of rotatable bonds is 7. The molecule has 0 aromatic rings. The van der Waals surface area contributed by atoms with Crippen molar-refractivity contribution in [2.24, 2.45) is 5.92 Å². The minimum Gasteiger partial charge on any atom is -0.371 e. The van der Waals surface area contributed by atoms with Gasteiger partial charge in [0.1, 0.15) is 6.29 Å². The minimum absolute atomic E-state index is 0.0693. The topological polar surface area (TPSA) is 26.3 Å². The van der Waals surface area contributed by atoms with E-state index in [0.29, 0.717) is 20.8 Å². The van der Waals surface area contributed by atoms with Crippen LogP contribution in [-0.2, 0) is 9.53 Å². The Morgan fingerprint density at radius 2 is 1.80 bits per heavy atom. The lowest BCUT2D eigenvalue weighted by atomic mass is 9.96. The molecule has 0 rings (SSSR count). The summed E-state index contributed by atoms with van der Waals surface area (Å²) < 4.78 is 5.83. The van der Waals surface area contributed by atoms with Gasteiger partial charge in [-0.3, -0.25) is 0 Å². The van der Waals surface area contributed by atoms with Gasteiger partial charge < -0.3 is 9.53 Å². The molecule has 0 aliphatic heterocycles. The van der Waals surface area contributed by atoms with E-state index in [1.807, 2.05) is 13.8 Å². The highest BCUT2D eigenvalue weighted by Gasteiger charge is 2.22. The first kappa shape index (κ1) is 15.1. The first-order valence-electron chi connectivity index (χ1n) is 5.54. The third kappa shape index (κ3) is 7.93. The summed E-state index contributed by atoms with van der Waals surface area (Å²) in [6.07, 6.45) is 2.76. The minimum atomic E-state index is -0.228. The Hall–Kier alpha value is 0.0600. The number of hydrogen-bond donors (Lipinski definition) is 0. The van der Waals surface area contributed by atoms with E-state index >= 15 is 0 Å². The molecule has 0 aromatic heterocycles. The Morgan fingerprint density at radius 1 is 1.27 bits per heavy atom. The van der Waals surface area contributed by atoms with E-state index in [-0.39, 0.29) is 10.8 Å². The third-order valence-corrected chi connectivity index (χ3v) is 3.50. The van der Waals surface area contributed by atoms with Gasteiger partial charge in [-0.1, -0.05) is 22.4 Å². The zero-order valence-electron chi connectivity index (χ0n) is 10.9. The van der Waals surface area contributed by atoms with Crippen molar-refractivity contribution >= 4 is 14.9 Å².